The van der Waals surface area contributed by atoms with Gasteiger partial charge in [-0.05, 0) is 79.5 Å². The molecule has 0 N–H and O–H groups in total. The van der Waals surface area contributed by atoms with Crippen LogP contribution < -0.4 is 0 Å². The highest BCUT2D eigenvalue weighted by Crippen LogP contribution is 2.44. The van der Waals surface area contributed by atoms with Crippen LogP contribution in [0.4, 0.5) is 13.2 Å². The minimum atomic E-state index is -4.54. The lowest BCUT2D eigenvalue weighted by atomic mass is 9.72. The topological polar surface area (TPSA) is 60.0 Å². The van der Waals surface area contributed by atoms with Crippen molar-refractivity contribution in [2.75, 3.05) is 13.1 Å². The van der Waals surface area contributed by atoms with Gasteiger partial charge in [0.2, 0.25) is 5.89 Å². The number of oxazole rings is 1. The molecule has 2 aliphatic rings. The summed E-state index contributed by atoms with van der Waals surface area (Å²) in [7, 11) is 1.94. The fourth-order valence-corrected chi connectivity index (χ4v) is 6.05. The van der Waals surface area contributed by atoms with Gasteiger partial charge in [-0.2, -0.15) is 13.2 Å². The molecule has 1 aliphatic heterocycles. The molecule has 9 heteroatoms. The maximum Gasteiger partial charge on any atom is 0.420 e. The van der Waals surface area contributed by atoms with Crippen molar-refractivity contribution in [3.63, 3.8) is 0 Å². The van der Waals surface area contributed by atoms with Gasteiger partial charge in [-0.25, -0.2) is 4.98 Å². The Hall–Kier alpha value is -3.20. The zero-order chi connectivity index (χ0) is 26.4. The number of likely N-dealkylation sites (tertiary alicyclic amines) is 1. The van der Waals surface area contributed by atoms with E-state index in [4.69, 9.17) is 4.42 Å². The summed E-state index contributed by atoms with van der Waals surface area (Å²) in [4.78, 5) is 6.80. The van der Waals surface area contributed by atoms with Gasteiger partial charge in [0.05, 0.1) is 0 Å². The number of fused-ring (bicyclic) bond motifs is 1. The van der Waals surface area contributed by atoms with Gasteiger partial charge in [0, 0.05) is 31.6 Å². The molecule has 2 aromatic carbocycles. The van der Waals surface area contributed by atoms with E-state index in [0.29, 0.717) is 29.5 Å². The van der Waals surface area contributed by atoms with Crippen LogP contribution in [0.1, 0.15) is 67.5 Å². The Morgan fingerprint density at radius 1 is 1.11 bits per heavy atom. The number of benzene rings is 2. The van der Waals surface area contributed by atoms with E-state index in [1.165, 1.54) is 12.5 Å². The molecule has 1 saturated carbocycles. The molecule has 6 nitrogen and oxygen atoms in total. The van der Waals surface area contributed by atoms with Crippen molar-refractivity contribution in [3.05, 3.63) is 65.2 Å². The standard InChI is InChI=1S/C29H32F3N5O/c1-18-6-5-11-37(15-18)16-19-12-23(29(30,31)32)26-24(13-19)34-28(38-26)22-10-4-9-21(14-22)25(20-7-3-8-20)27-35-33-17-36(27)2/h4,9-10,12-14,17-18,20,25H,3,5-8,11,15-16H2,1-2H3/t18-,25?/m0/s1. The molecule has 0 spiro atoms. The van der Waals surface area contributed by atoms with Gasteiger partial charge in [-0.15, -0.1) is 10.2 Å². The van der Waals surface area contributed by atoms with Crippen LogP contribution in [0, 0.1) is 11.8 Å². The summed E-state index contributed by atoms with van der Waals surface area (Å²) in [5.74, 6) is 2.14. The molecule has 0 bridgehead atoms. The summed E-state index contributed by atoms with van der Waals surface area (Å²) in [5, 5.41) is 8.46. The van der Waals surface area contributed by atoms with E-state index in [2.05, 4.69) is 27.0 Å². The Kier molecular flexibility index (Phi) is 6.50. The van der Waals surface area contributed by atoms with Crippen LogP contribution in [0.2, 0.25) is 0 Å². The molecule has 0 amide bonds. The lowest BCUT2D eigenvalue weighted by molar-refractivity contribution is -0.136. The average molecular weight is 524 g/mol. The number of aryl methyl sites for hydroxylation is 1. The van der Waals surface area contributed by atoms with Gasteiger partial charge in [0.25, 0.3) is 0 Å². The molecule has 1 unspecified atom stereocenters. The van der Waals surface area contributed by atoms with E-state index in [9.17, 15) is 13.2 Å². The highest BCUT2D eigenvalue weighted by atomic mass is 19.4. The molecule has 0 radical (unpaired) electrons. The molecule has 2 fully saturated rings. The van der Waals surface area contributed by atoms with Crippen LogP contribution in [0.5, 0.6) is 0 Å². The van der Waals surface area contributed by atoms with Crippen LogP contribution in [-0.4, -0.2) is 37.7 Å². The Labute approximate surface area is 219 Å². The van der Waals surface area contributed by atoms with Gasteiger partial charge in [-0.1, -0.05) is 25.5 Å². The third-order valence-corrected chi connectivity index (χ3v) is 8.14. The van der Waals surface area contributed by atoms with E-state index < -0.39 is 11.7 Å². The first kappa shape index (κ1) is 25.1. The van der Waals surface area contributed by atoms with Gasteiger partial charge in [0.15, 0.2) is 5.58 Å². The zero-order valence-corrected chi connectivity index (χ0v) is 21.7. The molecule has 3 heterocycles. The Morgan fingerprint density at radius 2 is 1.95 bits per heavy atom. The second-order valence-corrected chi connectivity index (χ2v) is 11.1. The molecule has 38 heavy (non-hydrogen) atoms. The van der Waals surface area contributed by atoms with Crippen molar-refractivity contribution in [3.8, 4) is 11.5 Å². The molecule has 1 saturated heterocycles. The third-order valence-electron chi connectivity index (χ3n) is 8.14. The van der Waals surface area contributed by atoms with Crippen molar-refractivity contribution in [1.82, 2.24) is 24.6 Å². The van der Waals surface area contributed by atoms with Crippen LogP contribution in [0.15, 0.2) is 47.1 Å². The van der Waals surface area contributed by atoms with Crippen molar-refractivity contribution in [2.45, 2.75) is 57.7 Å². The minimum Gasteiger partial charge on any atom is -0.435 e. The first-order chi connectivity index (χ1) is 18.3. The number of hydrogen-bond acceptors (Lipinski definition) is 5. The number of rotatable bonds is 6. The van der Waals surface area contributed by atoms with E-state index in [0.717, 1.165) is 50.2 Å². The predicted octanol–water partition coefficient (Wildman–Crippen LogP) is 6.81. The smallest absolute Gasteiger partial charge is 0.420 e. The lowest BCUT2D eigenvalue weighted by Gasteiger charge is -2.33. The van der Waals surface area contributed by atoms with E-state index in [1.807, 2.05) is 35.9 Å². The number of hydrogen-bond donors (Lipinski definition) is 0. The van der Waals surface area contributed by atoms with Crippen molar-refractivity contribution in [1.29, 1.82) is 0 Å². The maximum absolute atomic E-state index is 14.1. The lowest BCUT2D eigenvalue weighted by Crippen LogP contribution is -2.33. The Bertz CT molecular complexity index is 1440. The summed E-state index contributed by atoms with van der Waals surface area (Å²) in [6.07, 6.45) is 2.79. The number of nitrogens with zero attached hydrogens (tertiary/aromatic N) is 5. The van der Waals surface area contributed by atoms with Gasteiger partial charge < -0.3 is 8.98 Å². The second-order valence-electron chi connectivity index (χ2n) is 11.1. The van der Waals surface area contributed by atoms with Gasteiger partial charge in [-0.3, -0.25) is 4.90 Å². The van der Waals surface area contributed by atoms with Gasteiger partial charge >= 0.3 is 6.18 Å². The van der Waals surface area contributed by atoms with Crippen LogP contribution in [-0.2, 0) is 19.8 Å². The first-order valence-electron chi connectivity index (χ1n) is 13.4. The zero-order valence-electron chi connectivity index (χ0n) is 21.7. The fourth-order valence-electron chi connectivity index (χ4n) is 6.05. The number of halogens is 3. The normalized spacial score (nSPS) is 20.1. The molecular formula is C29H32F3N5O. The van der Waals surface area contributed by atoms with Crippen LogP contribution in [0.3, 0.4) is 0 Å². The number of alkyl halides is 3. The Balaban J connectivity index is 1.38. The van der Waals surface area contributed by atoms with E-state index in [-0.39, 0.29) is 22.9 Å². The fraction of sp³-hybridized carbons (Fsp3) is 0.483. The van der Waals surface area contributed by atoms with Crippen LogP contribution in [0.25, 0.3) is 22.6 Å². The van der Waals surface area contributed by atoms with Crippen molar-refractivity contribution >= 4 is 11.1 Å². The van der Waals surface area contributed by atoms with Crippen molar-refractivity contribution < 1.29 is 17.6 Å². The van der Waals surface area contributed by atoms with Crippen molar-refractivity contribution in [2.24, 2.45) is 18.9 Å². The summed E-state index contributed by atoms with van der Waals surface area (Å²) < 4.78 is 50.2. The monoisotopic (exact) mass is 523 g/mol. The molecule has 6 rings (SSSR count). The first-order valence-corrected chi connectivity index (χ1v) is 13.4. The van der Waals surface area contributed by atoms with E-state index >= 15 is 0 Å². The molecule has 4 aromatic rings. The highest BCUT2D eigenvalue weighted by Gasteiger charge is 2.36. The number of aromatic nitrogens is 4. The predicted molar refractivity (Wildman–Crippen MR) is 138 cm³/mol. The minimum absolute atomic E-state index is 0.0600. The SMILES string of the molecule is C[C@H]1CCCN(Cc2cc(C(F)(F)F)c3oc(-c4cccc(C(c5nncn5C)C5CCC5)c4)nc3c2)C1. The number of piperidine rings is 1. The second kappa shape index (κ2) is 9.84. The van der Waals surface area contributed by atoms with Crippen LogP contribution >= 0.6 is 0 Å². The molecular weight excluding hydrogens is 491 g/mol. The summed E-state index contributed by atoms with van der Waals surface area (Å²) in [5.41, 5.74) is 1.57. The molecule has 200 valence electrons. The maximum atomic E-state index is 14.1. The molecule has 1 aliphatic carbocycles. The van der Waals surface area contributed by atoms with E-state index in [1.54, 1.807) is 12.4 Å². The summed E-state index contributed by atoms with van der Waals surface area (Å²) in [6.45, 7) is 4.45. The summed E-state index contributed by atoms with van der Waals surface area (Å²) in [6, 6.07) is 10.8. The molecule has 2 atom stereocenters. The molecule has 2 aromatic heterocycles. The third kappa shape index (κ3) is 4.84. The largest absolute Gasteiger partial charge is 0.435 e. The quantitative estimate of drug-likeness (QED) is 0.278. The van der Waals surface area contributed by atoms with Gasteiger partial charge in [0.1, 0.15) is 23.2 Å². The Morgan fingerprint density at radius 3 is 2.63 bits per heavy atom. The summed E-state index contributed by atoms with van der Waals surface area (Å²) >= 11 is 0. The average Bonchev–Trinajstić information content (AvgIpc) is 3.46. The highest BCUT2D eigenvalue weighted by molar-refractivity contribution is 5.81.